The Hall–Kier alpha value is -4.40. The second kappa shape index (κ2) is 8.54. The van der Waals surface area contributed by atoms with E-state index in [0.717, 1.165) is 16.8 Å². The number of nitrogens with one attached hydrogen (secondary N) is 2. The van der Waals surface area contributed by atoms with E-state index in [4.69, 9.17) is 14.4 Å². The molecule has 0 saturated carbocycles. The lowest BCUT2D eigenvalue weighted by atomic mass is 10.00. The number of urea groups is 1. The molecule has 160 valence electrons. The van der Waals surface area contributed by atoms with Crippen molar-refractivity contribution in [2.45, 2.75) is 26.4 Å². The molecule has 0 aromatic carbocycles. The van der Waals surface area contributed by atoms with Crippen LogP contribution in [0.2, 0.25) is 0 Å². The summed E-state index contributed by atoms with van der Waals surface area (Å²) >= 11 is 0. The number of nitro groups is 1. The van der Waals surface area contributed by atoms with Gasteiger partial charge < -0.3 is 24.4 Å². The molecule has 0 bridgehead atoms. The molecule has 2 aromatic heterocycles. The molecule has 0 fully saturated rings. The van der Waals surface area contributed by atoms with Crippen LogP contribution in [0.25, 0.3) is 0 Å². The summed E-state index contributed by atoms with van der Waals surface area (Å²) in [6.07, 6.45) is 0.930. The number of aromatic nitrogens is 1. The van der Waals surface area contributed by atoms with Crippen molar-refractivity contribution in [1.82, 2.24) is 15.2 Å². The van der Waals surface area contributed by atoms with Gasteiger partial charge in [0, 0.05) is 6.07 Å². The Balaban J connectivity index is 2.17. The van der Waals surface area contributed by atoms with Crippen molar-refractivity contribution in [3.63, 3.8) is 0 Å². The van der Waals surface area contributed by atoms with Crippen LogP contribution in [0.4, 0.5) is 10.5 Å². The molecule has 0 unspecified atom stereocenters. The molecule has 0 saturated heterocycles. The summed E-state index contributed by atoms with van der Waals surface area (Å²) in [7, 11) is 0. The number of nitrogens with zero attached hydrogens (tertiary/aromatic N) is 3. The molecule has 2 amide bonds. The van der Waals surface area contributed by atoms with E-state index in [9.17, 15) is 24.5 Å². The molecule has 0 aliphatic carbocycles. The van der Waals surface area contributed by atoms with E-state index < -0.39 is 46.3 Å². The minimum atomic E-state index is -1.01. The molecular weight excluding hydrogens is 410 g/mol. The van der Waals surface area contributed by atoms with Gasteiger partial charge >= 0.3 is 12.0 Å². The van der Waals surface area contributed by atoms with Crippen LogP contribution in [0, 0.1) is 28.4 Å². The number of rotatable bonds is 6. The zero-order chi connectivity index (χ0) is 22.7. The number of carbonyl (C=O) groups excluding carboxylic acids is 2. The minimum Gasteiger partial charge on any atom is -0.464 e. The van der Waals surface area contributed by atoms with Crippen LogP contribution >= 0.6 is 0 Å². The van der Waals surface area contributed by atoms with E-state index in [2.05, 4.69) is 10.6 Å². The Labute approximate surface area is 174 Å². The summed E-state index contributed by atoms with van der Waals surface area (Å²) in [6, 6.07) is 4.00. The quantitative estimate of drug-likeness (QED) is 0.396. The number of pyridine rings is 1. The van der Waals surface area contributed by atoms with Crippen LogP contribution in [0.1, 0.15) is 30.0 Å². The molecule has 3 heterocycles. The maximum atomic E-state index is 12.7. The molecule has 2 aromatic rings. The lowest BCUT2D eigenvalue weighted by Crippen LogP contribution is -2.47. The topological polar surface area (TPSA) is 170 Å². The van der Waals surface area contributed by atoms with Crippen molar-refractivity contribution >= 4 is 17.7 Å². The van der Waals surface area contributed by atoms with Gasteiger partial charge in [0.2, 0.25) is 0 Å². The van der Waals surface area contributed by atoms with Crippen molar-refractivity contribution < 1.29 is 23.7 Å². The third-order valence-corrected chi connectivity index (χ3v) is 4.43. The molecular formula is C19H17N5O7. The number of ether oxygens (including phenoxy) is 1. The third-order valence-electron chi connectivity index (χ3n) is 4.43. The first-order chi connectivity index (χ1) is 14.7. The van der Waals surface area contributed by atoms with Gasteiger partial charge in [-0.15, -0.1) is 0 Å². The van der Waals surface area contributed by atoms with Crippen LogP contribution in [0.5, 0.6) is 0 Å². The van der Waals surface area contributed by atoms with Crippen LogP contribution < -0.4 is 16.2 Å². The zero-order valence-corrected chi connectivity index (χ0v) is 16.5. The average Bonchev–Trinajstić information content (AvgIpc) is 3.15. The zero-order valence-electron chi connectivity index (χ0n) is 16.5. The highest BCUT2D eigenvalue weighted by Crippen LogP contribution is 2.29. The van der Waals surface area contributed by atoms with E-state index in [-0.39, 0.29) is 23.6 Å². The number of carbonyl (C=O) groups is 2. The first-order valence-electron chi connectivity index (χ1n) is 9.08. The van der Waals surface area contributed by atoms with E-state index >= 15 is 0 Å². The van der Waals surface area contributed by atoms with E-state index in [1.165, 1.54) is 0 Å². The standard InChI is InChI=1S/C19H17N5O7/c1-3-30-18(26)15-13(21-19(27)22-16(15)14-5-4-10(2)31-14)9-23-8-12(24(28)29)6-11(7-20)17(23)25/h4-6,8,16H,3,9H2,1-2H3,(H2,21,22,27)/t16-/m1/s1. The van der Waals surface area contributed by atoms with Crippen LogP contribution in [-0.4, -0.2) is 28.1 Å². The van der Waals surface area contributed by atoms with Crippen LogP contribution in [-0.2, 0) is 16.1 Å². The summed E-state index contributed by atoms with van der Waals surface area (Å²) in [5, 5.41) is 25.3. The predicted molar refractivity (Wildman–Crippen MR) is 104 cm³/mol. The van der Waals surface area contributed by atoms with Crippen LogP contribution in [0.3, 0.4) is 0 Å². The first kappa shape index (κ1) is 21.3. The Bertz CT molecular complexity index is 1200. The van der Waals surface area contributed by atoms with Gasteiger partial charge in [0.25, 0.3) is 11.2 Å². The molecule has 1 aliphatic heterocycles. The molecule has 1 atom stereocenters. The number of allylic oxidation sites excluding steroid dienone is 1. The summed E-state index contributed by atoms with van der Waals surface area (Å²) in [5.74, 6) is 0.0288. The highest BCUT2D eigenvalue weighted by molar-refractivity contribution is 5.94. The van der Waals surface area contributed by atoms with Crippen molar-refractivity contribution in [1.29, 1.82) is 5.26 Å². The van der Waals surface area contributed by atoms with E-state index in [1.807, 2.05) is 0 Å². The Morgan fingerprint density at radius 2 is 2.16 bits per heavy atom. The third kappa shape index (κ3) is 4.30. The molecule has 31 heavy (non-hydrogen) atoms. The maximum Gasteiger partial charge on any atom is 0.338 e. The molecule has 0 spiro atoms. The highest BCUT2D eigenvalue weighted by Gasteiger charge is 2.36. The smallest absolute Gasteiger partial charge is 0.338 e. The average molecular weight is 427 g/mol. The van der Waals surface area contributed by atoms with Gasteiger partial charge in [-0.3, -0.25) is 14.9 Å². The van der Waals surface area contributed by atoms with Gasteiger partial charge in [-0.2, -0.15) is 5.26 Å². The Kier molecular flexibility index (Phi) is 5.87. The second-order valence-electron chi connectivity index (χ2n) is 6.51. The van der Waals surface area contributed by atoms with Gasteiger partial charge in [-0.1, -0.05) is 0 Å². The normalized spacial score (nSPS) is 15.6. The van der Waals surface area contributed by atoms with Gasteiger partial charge in [0.05, 0.1) is 35.5 Å². The number of furan rings is 1. The van der Waals surface area contributed by atoms with Crippen molar-refractivity contribution in [2.75, 3.05) is 6.61 Å². The first-order valence-corrected chi connectivity index (χ1v) is 9.08. The van der Waals surface area contributed by atoms with Crippen molar-refractivity contribution in [3.8, 4) is 6.07 Å². The number of esters is 1. The molecule has 3 rings (SSSR count). The Morgan fingerprint density at radius 1 is 1.42 bits per heavy atom. The number of nitriles is 1. The lowest BCUT2D eigenvalue weighted by Gasteiger charge is -2.28. The molecule has 0 radical (unpaired) electrons. The number of hydrogen-bond acceptors (Lipinski definition) is 8. The molecule has 1 aliphatic rings. The van der Waals surface area contributed by atoms with Crippen molar-refractivity contribution in [3.05, 3.63) is 73.2 Å². The molecule has 12 heteroatoms. The largest absolute Gasteiger partial charge is 0.464 e. The monoisotopic (exact) mass is 427 g/mol. The summed E-state index contributed by atoms with van der Waals surface area (Å²) in [4.78, 5) is 47.9. The molecule has 2 N–H and O–H groups in total. The predicted octanol–water partition coefficient (Wildman–Crippen LogP) is 1.40. The van der Waals surface area contributed by atoms with Crippen molar-refractivity contribution in [2.24, 2.45) is 0 Å². The van der Waals surface area contributed by atoms with Gasteiger partial charge in [0.1, 0.15) is 29.2 Å². The molecule has 12 nitrogen and oxygen atoms in total. The fourth-order valence-corrected chi connectivity index (χ4v) is 3.10. The fourth-order valence-electron chi connectivity index (χ4n) is 3.10. The maximum absolute atomic E-state index is 12.7. The lowest BCUT2D eigenvalue weighted by molar-refractivity contribution is -0.385. The fraction of sp³-hybridized carbons (Fsp3) is 0.263. The second-order valence-corrected chi connectivity index (χ2v) is 6.51. The number of aryl methyl sites for hydroxylation is 1. The summed E-state index contributed by atoms with van der Waals surface area (Å²) in [6.45, 7) is 2.91. The Morgan fingerprint density at radius 3 is 2.74 bits per heavy atom. The van der Waals surface area contributed by atoms with Crippen LogP contribution in [0.15, 0.2) is 44.9 Å². The van der Waals surface area contributed by atoms with Gasteiger partial charge in [0.15, 0.2) is 0 Å². The van der Waals surface area contributed by atoms with E-state index in [0.29, 0.717) is 5.76 Å². The highest BCUT2D eigenvalue weighted by atomic mass is 16.6. The van der Waals surface area contributed by atoms with Gasteiger partial charge in [-0.05, 0) is 26.0 Å². The minimum absolute atomic E-state index is 0.0206. The SMILES string of the molecule is CCOC(=O)C1=C(Cn2cc([N+](=O)[O-])cc(C#N)c2=O)NC(=O)N[C@@H]1c1ccc(C)o1. The number of amides is 2. The van der Waals surface area contributed by atoms with E-state index in [1.54, 1.807) is 32.0 Å². The summed E-state index contributed by atoms with van der Waals surface area (Å²) in [5.41, 5.74) is -1.82. The summed E-state index contributed by atoms with van der Waals surface area (Å²) < 4.78 is 11.5. The van der Waals surface area contributed by atoms with Gasteiger partial charge in [-0.25, -0.2) is 9.59 Å². The number of hydrogen-bond donors (Lipinski definition) is 2.